The Bertz CT molecular complexity index is 643. The first kappa shape index (κ1) is 18.9. The van der Waals surface area contributed by atoms with Gasteiger partial charge in [-0.1, -0.05) is 24.3 Å². The van der Waals surface area contributed by atoms with Crippen molar-refractivity contribution in [2.24, 2.45) is 5.73 Å². The number of nitrogens with two attached hydrogens (primary N) is 1. The van der Waals surface area contributed by atoms with E-state index in [0.717, 1.165) is 44.3 Å². The van der Waals surface area contributed by atoms with Gasteiger partial charge in [0.1, 0.15) is 5.84 Å². The molecule has 0 aromatic heterocycles. The van der Waals surface area contributed by atoms with E-state index in [4.69, 9.17) is 16.2 Å². The first-order valence-electron chi connectivity index (χ1n) is 9.49. The number of piperidine rings is 1. The van der Waals surface area contributed by atoms with Gasteiger partial charge in [0.25, 0.3) is 0 Å². The van der Waals surface area contributed by atoms with Gasteiger partial charge in [-0.05, 0) is 63.1 Å². The lowest BCUT2D eigenvalue weighted by atomic mass is 9.78. The molecule has 1 aliphatic heterocycles. The molecule has 1 heterocycles. The molecule has 0 bridgehead atoms. The number of amidine groups is 1. The van der Waals surface area contributed by atoms with Gasteiger partial charge >= 0.3 is 5.97 Å². The minimum atomic E-state index is -1.01. The van der Waals surface area contributed by atoms with E-state index in [1.54, 1.807) is 0 Å². The summed E-state index contributed by atoms with van der Waals surface area (Å²) >= 11 is 0. The first-order chi connectivity index (χ1) is 12.4. The molecule has 1 saturated heterocycles. The van der Waals surface area contributed by atoms with Crippen LogP contribution in [0.2, 0.25) is 0 Å². The second-order valence-electron chi connectivity index (χ2n) is 7.87. The van der Waals surface area contributed by atoms with Gasteiger partial charge < -0.3 is 20.8 Å². The zero-order chi connectivity index (χ0) is 18.7. The number of carboxylic acid groups (broad SMARTS) is 1. The topological polar surface area (TPSA) is 111 Å². The third-order valence-electron chi connectivity index (χ3n) is 6.11. The highest BCUT2D eigenvalue weighted by atomic mass is 16.4. The van der Waals surface area contributed by atoms with Crippen LogP contribution in [0.3, 0.4) is 0 Å². The molecule has 142 valence electrons. The van der Waals surface area contributed by atoms with E-state index in [1.165, 1.54) is 5.56 Å². The Kier molecular flexibility index (Phi) is 5.63. The van der Waals surface area contributed by atoms with Crippen molar-refractivity contribution in [3.8, 4) is 0 Å². The predicted molar refractivity (Wildman–Crippen MR) is 100 cm³/mol. The third kappa shape index (κ3) is 4.43. The summed E-state index contributed by atoms with van der Waals surface area (Å²) in [7, 11) is 0. The van der Waals surface area contributed by atoms with Crippen molar-refractivity contribution in [3.63, 3.8) is 0 Å². The number of benzene rings is 1. The summed E-state index contributed by atoms with van der Waals surface area (Å²) in [5.74, 6) is -0.270. The Labute approximate surface area is 154 Å². The van der Waals surface area contributed by atoms with E-state index in [-0.39, 0.29) is 12.3 Å². The minimum Gasteiger partial charge on any atom is -0.481 e. The number of carboxylic acids is 1. The van der Waals surface area contributed by atoms with Crippen LogP contribution < -0.4 is 5.73 Å². The van der Waals surface area contributed by atoms with Crippen LogP contribution in [-0.4, -0.2) is 51.7 Å². The highest BCUT2D eigenvalue weighted by Crippen LogP contribution is 2.36. The maximum atomic E-state index is 10.9. The maximum Gasteiger partial charge on any atom is 0.306 e. The number of rotatable bonds is 5. The van der Waals surface area contributed by atoms with Gasteiger partial charge in [0, 0.05) is 11.6 Å². The largest absolute Gasteiger partial charge is 0.481 e. The molecule has 26 heavy (non-hydrogen) atoms. The number of carbonyl (C=O) groups is 1. The number of nitrogens with one attached hydrogen (secondary N) is 1. The van der Waals surface area contributed by atoms with Crippen molar-refractivity contribution < 1.29 is 15.0 Å². The van der Waals surface area contributed by atoms with Crippen molar-refractivity contribution in [3.05, 3.63) is 35.4 Å². The van der Waals surface area contributed by atoms with E-state index in [9.17, 15) is 9.90 Å². The van der Waals surface area contributed by atoms with Gasteiger partial charge in [-0.25, -0.2) is 0 Å². The minimum absolute atomic E-state index is 0.103. The second kappa shape index (κ2) is 7.76. The molecule has 6 nitrogen and oxygen atoms in total. The number of likely N-dealkylation sites (tertiary alicyclic amines) is 1. The van der Waals surface area contributed by atoms with E-state index >= 15 is 0 Å². The smallest absolute Gasteiger partial charge is 0.306 e. The number of hydrogen-bond acceptors (Lipinski definition) is 4. The first-order valence-corrected chi connectivity index (χ1v) is 9.49. The number of aliphatic carboxylic acids is 1. The molecule has 3 rings (SSSR count). The van der Waals surface area contributed by atoms with Crippen LogP contribution in [0.4, 0.5) is 0 Å². The molecular formula is C20H29N3O3. The molecule has 2 fully saturated rings. The summed E-state index contributed by atoms with van der Waals surface area (Å²) in [6, 6.07) is 8.49. The van der Waals surface area contributed by atoms with Crippen molar-refractivity contribution in [2.75, 3.05) is 13.1 Å². The fourth-order valence-electron chi connectivity index (χ4n) is 4.50. The standard InChI is InChI=1S/C20H29N3O3/c21-19(22)16-3-1-14(2-4-16)15-7-11-23(12-8-15)17-5-9-20(26,10-6-17)13-18(24)25/h1-4,15,17,26H,5-13H2,(H3,21,22)(H,24,25)/t17-,20+. The van der Waals surface area contributed by atoms with E-state index in [0.29, 0.717) is 24.8 Å². The number of nitrogen functional groups attached to an aromatic ring is 1. The van der Waals surface area contributed by atoms with Crippen LogP contribution >= 0.6 is 0 Å². The molecule has 0 spiro atoms. The molecule has 5 N–H and O–H groups in total. The number of aliphatic hydroxyl groups is 1. The zero-order valence-electron chi connectivity index (χ0n) is 15.2. The molecule has 1 aromatic rings. The van der Waals surface area contributed by atoms with Crippen molar-refractivity contribution in [1.29, 1.82) is 5.41 Å². The van der Waals surface area contributed by atoms with Gasteiger partial charge in [-0.2, -0.15) is 0 Å². The summed E-state index contributed by atoms with van der Waals surface area (Å²) in [6.07, 6.45) is 4.99. The highest BCUT2D eigenvalue weighted by molar-refractivity contribution is 5.94. The summed E-state index contributed by atoms with van der Waals surface area (Å²) < 4.78 is 0. The second-order valence-corrected chi connectivity index (χ2v) is 7.87. The Morgan fingerprint density at radius 1 is 1.15 bits per heavy atom. The summed E-state index contributed by atoms with van der Waals surface area (Å²) in [6.45, 7) is 2.09. The lowest BCUT2D eigenvalue weighted by Gasteiger charge is -2.43. The molecule has 1 aromatic carbocycles. The fourth-order valence-corrected chi connectivity index (χ4v) is 4.50. The van der Waals surface area contributed by atoms with Crippen molar-refractivity contribution >= 4 is 11.8 Å². The van der Waals surface area contributed by atoms with E-state index < -0.39 is 11.6 Å². The van der Waals surface area contributed by atoms with Crippen molar-refractivity contribution in [1.82, 2.24) is 4.90 Å². The SMILES string of the molecule is N=C(N)c1ccc(C2CCN([C@H]3CC[C@](O)(CC(=O)O)CC3)CC2)cc1. The predicted octanol–water partition coefficient (Wildman–Crippen LogP) is 2.30. The van der Waals surface area contributed by atoms with Crippen molar-refractivity contribution in [2.45, 2.75) is 62.5 Å². The monoisotopic (exact) mass is 359 g/mol. The Hall–Kier alpha value is -1.92. The highest BCUT2D eigenvalue weighted by Gasteiger charge is 2.37. The van der Waals surface area contributed by atoms with Crippen LogP contribution in [0, 0.1) is 5.41 Å². The van der Waals surface area contributed by atoms with Gasteiger partial charge in [0.15, 0.2) is 0 Å². The normalized spacial score (nSPS) is 28.0. The zero-order valence-corrected chi connectivity index (χ0v) is 15.2. The van der Waals surface area contributed by atoms with Gasteiger partial charge in [0.05, 0.1) is 12.0 Å². The summed E-state index contributed by atoms with van der Waals surface area (Å²) in [5.41, 5.74) is 6.58. The van der Waals surface area contributed by atoms with Gasteiger partial charge in [0.2, 0.25) is 0 Å². The van der Waals surface area contributed by atoms with E-state index in [1.807, 2.05) is 12.1 Å². The molecule has 1 saturated carbocycles. The number of hydrogen-bond donors (Lipinski definition) is 4. The van der Waals surface area contributed by atoms with Crippen LogP contribution in [0.25, 0.3) is 0 Å². The fraction of sp³-hybridized carbons (Fsp3) is 0.600. The molecule has 1 aliphatic carbocycles. The van der Waals surface area contributed by atoms with Crippen LogP contribution in [0.15, 0.2) is 24.3 Å². The molecule has 0 atom stereocenters. The van der Waals surface area contributed by atoms with Crippen LogP contribution in [-0.2, 0) is 4.79 Å². The molecule has 0 unspecified atom stereocenters. The Morgan fingerprint density at radius 3 is 2.23 bits per heavy atom. The molecule has 6 heteroatoms. The van der Waals surface area contributed by atoms with Crippen LogP contribution in [0.5, 0.6) is 0 Å². The average Bonchev–Trinajstić information content (AvgIpc) is 2.62. The maximum absolute atomic E-state index is 10.9. The lowest BCUT2D eigenvalue weighted by molar-refractivity contribution is -0.144. The number of nitrogens with zero attached hydrogens (tertiary/aromatic N) is 1. The Morgan fingerprint density at radius 2 is 1.73 bits per heavy atom. The average molecular weight is 359 g/mol. The Balaban J connectivity index is 1.50. The molecular weight excluding hydrogens is 330 g/mol. The van der Waals surface area contributed by atoms with Gasteiger partial charge in [-0.15, -0.1) is 0 Å². The molecule has 0 radical (unpaired) electrons. The summed E-state index contributed by atoms with van der Waals surface area (Å²) in [5, 5.41) is 26.8. The lowest BCUT2D eigenvalue weighted by Crippen LogP contribution is -2.47. The van der Waals surface area contributed by atoms with Crippen LogP contribution in [0.1, 0.15) is 62.0 Å². The molecule has 0 amide bonds. The van der Waals surface area contributed by atoms with E-state index in [2.05, 4.69) is 17.0 Å². The quantitative estimate of drug-likeness (QED) is 0.476. The molecule has 2 aliphatic rings. The summed E-state index contributed by atoms with van der Waals surface area (Å²) in [4.78, 5) is 13.4. The van der Waals surface area contributed by atoms with Gasteiger partial charge in [-0.3, -0.25) is 10.2 Å². The third-order valence-corrected chi connectivity index (χ3v) is 6.11.